The highest BCUT2D eigenvalue weighted by Crippen LogP contribution is 2.37. The Balaban J connectivity index is 1.48. The predicted octanol–water partition coefficient (Wildman–Crippen LogP) is 4.00. The normalized spacial score (nSPS) is 21.5. The van der Waals surface area contributed by atoms with Crippen LogP contribution in [0.4, 0.5) is 8.78 Å². The molecule has 0 amide bonds. The molecule has 0 aliphatic heterocycles. The second-order valence-corrected chi connectivity index (χ2v) is 5.43. The quantitative estimate of drug-likeness (QED) is 0.887. The van der Waals surface area contributed by atoms with Crippen LogP contribution < -0.4 is 5.32 Å². The molecule has 0 atom stereocenters. The summed E-state index contributed by atoms with van der Waals surface area (Å²) in [6.07, 6.45) is 2.06. The second kappa shape index (κ2) is 5.71. The molecule has 0 bridgehead atoms. The van der Waals surface area contributed by atoms with Crippen molar-refractivity contribution in [3.8, 4) is 0 Å². The van der Waals surface area contributed by atoms with E-state index in [0.717, 1.165) is 30.5 Å². The van der Waals surface area contributed by atoms with E-state index in [9.17, 15) is 8.78 Å². The van der Waals surface area contributed by atoms with Gasteiger partial charge in [-0.2, -0.15) is 0 Å². The molecule has 0 saturated heterocycles. The maximum Gasteiger partial charge on any atom is 0.123 e. The van der Waals surface area contributed by atoms with Crippen LogP contribution in [0.3, 0.4) is 0 Å². The van der Waals surface area contributed by atoms with Gasteiger partial charge >= 0.3 is 0 Å². The number of benzene rings is 2. The van der Waals surface area contributed by atoms with Gasteiger partial charge in [-0.3, -0.25) is 0 Å². The molecule has 3 rings (SSSR count). The van der Waals surface area contributed by atoms with Gasteiger partial charge in [-0.05, 0) is 54.2 Å². The smallest absolute Gasteiger partial charge is 0.123 e. The first kappa shape index (κ1) is 13.3. The largest absolute Gasteiger partial charge is 0.310 e. The summed E-state index contributed by atoms with van der Waals surface area (Å²) < 4.78 is 25.9. The van der Waals surface area contributed by atoms with Gasteiger partial charge in [-0.1, -0.05) is 24.3 Å². The summed E-state index contributed by atoms with van der Waals surface area (Å²) in [4.78, 5) is 0. The summed E-state index contributed by atoms with van der Waals surface area (Å²) in [7, 11) is 0. The first-order valence-corrected chi connectivity index (χ1v) is 6.94. The van der Waals surface area contributed by atoms with Crippen molar-refractivity contribution in [3.63, 3.8) is 0 Å². The Kier molecular flexibility index (Phi) is 3.79. The van der Waals surface area contributed by atoms with Crippen LogP contribution >= 0.6 is 0 Å². The van der Waals surface area contributed by atoms with Crippen LogP contribution in [0.1, 0.15) is 29.9 Å². The van der Waals surface area contributed by atoms with Crippen molar-refractivity contribution in [2.45, 2.75) is 31.3 Å². The Labute approximate surface area is 117 Å². The van der Waals surface area contributed by atoms with Gasteiger partial charge in [0.25, 0.3) is 0 Å². The fraction of sp³-hybridized carbons (Fsp3) is 0.294. The Morgan fingerprint density at radius 3 is 2.40 bits per heavy atom. The van der Waals surface area contributed by atoms with Crippen molar-refractivity contribution in [1.29, 1.82) is 0 Å². The molecule has 0 unspecified atom stereocenters. The standard InChI is InChI=1S/C17H17F2N/c18-15-6-4-12(5-7-15)11-20-17-9-14(10-17)13-2-1-3-16(19)8-13/h1-8,14,17,20H,9-11H2. The molecule has 0 heterocycles. The molecule has 1 saturated carbocycles. The lowest BCUT2D eigenvalue weighted by molar-refractivity contribution is 0.289. The Morgan fingerprint density at radius 1 is 0.950 bits per heavy atom. The zero-order valence-corrected chi connectivity index (χ0v) is 11.2. The van der Waals surface area contributed by atoms with E-state index in [4.69, 9.17) is 0 Å². The average molecular weight is 273 g/mol. The summed E-state index contributed by atoms with van der Waals surface area (Å²) >= 11 is 0. The van der Waals surface area contributed by atoms with E-state index in [0.29, 0.717) is 12.0 Å². The highest BCUT2D eigenvalue weighted by Gasteiger charge is 2.29. The summed E-state index contributed by atoms with van der Waals surface area (Å²) in [5.74, 6) is 0.0881. The highest BCUT2D eigenvalue weighted by atomic mass is 19.1. The van der Waals surface area contributed by atoms with Gasteiger partial charge in [0.1, 0.15) is 11.6 Å². The van der Waals surface area contributed by atoms with E-state index >= 15 is 0 Å². The van der Waals surface area contributed by atoms with Crippen LogP contribution in [-0.4, -0.2) is 6.04 Å². The van der Waals surface area contributed by atoms with E-state index < -0.39 is 0 Å². The molecule has 0 aromatic heterocycles. The first-order valence-electron chi connectivity index (χ1n) is 6.94. The molecule has 1 aliphatic carbocycles. The highest BCUT2D eigenvalue weighted by molar-refractivity contribution is 5.24. The molecule has 0 radical (unpaired) electrons. The minimum atomic E-state index is -0.205. The number of rotatable bonds is 4. The van der Waals surface area contributed by atoms with Crippen LogP contribution in [0.5, 0.6) is 0 Å². The third-order valence-electron chi connectivity index (χ3n) is 3.97. The first-order chi connectivity index (χ1) is 9.70. The van der Waals surface area contributed by atoms with Crippen LogP contribution in [-0.2, 0) is 6.54 Å². The summed E-state index contributed by atoms with van der Waals surface area (Å²) in [6, 6.07) is 13.9. The molecule has 0 spiro atoms. The Bertz CT molecular complexity index is 574. The SMILES string of the molecule is Fc1ccc(CNC2CC(c3cccc(F)c3)C2)cc1. The lowest BCUT2D eigenvalue weighted by Gasteiger charge is -2.36. The fourth-order valence-electron chi connectivity index (χ4n) is 2.68. The van der Waals surface area contributed by atoms with Crippen LogP contribution in [0.15, 0.2) is 48.5 Å². The van der Waals surface area contributed by atoms with Crippen LogP contribution in [0.25, 0.3) is 0 Å². The van der Waals surface area contributed by atoms with Crippen LogP contribution in [0.2, 0.25) is 0 Å². The fourth-order valence-corrected chi connectivity index (χ4v) is 2.68. The maximum atomic E-state index is 13.1. The summed E-state index contributed by atoms with van der Waals surface area (Å²) in [5.41, 5.74) is 2.17. The Hall–Kier alpha value is -1.74. The molecule has 1 fully saturated rings. The van der Waals surface area contributed by atoms with Crippen molar-refractivity contribution in [2.24, 2.45) is 0 Å². The third-order valence-corrected chi connectivity index (χ3v) is 3.97. The van der Waals surface area contributed by atoms with E-state index in [1.165, 1.54) is 18.2 Å². The van der Waals surface area contributed by atoms with Crippen molar-refractivity contribution < 1.29 is 8.78 Å². The van der Waals surface area contributed by atoms with Crippen LogP contribution in [0, 0.1) is 11.6 Å². The number of hydrogen-bond donors (Lipinski definition) is 1. The number of halogens is 2. The van der Waals surface area contributed by atoms with Crippen molar-refractivity contribution >= 4 is 0 Å². The van der Waals surface area contributed by atoms with Gasteiger partial charge in [-0.25, -0.2) is 8.78 Å². The lowest BCUT2D eigenvalue weighted by Crippen LogP contribution is -2.39. The van der Waals surface area contributed by atoms with Crippen molar-refractivity contribution in [1.82, 2.24) is 5.32 Å². The molecule has 1 aliphatic rings. The molecule has 1 nitrogen and oxygen atoms in total. The maximum absolute atomic E-state index is 13.1. The van der Waals surface area contributed by atoms with Crippen molar-refractivity contribution in [3.05, 3.63) is 71.3 Å². The van der Waals surface area contributed by atoms with Gasteiger partial charge in [0.05, 0.1) is 0 Å². The summed E-state index contributed by atoms with van der Waals surface area (Å²) in [6.45, 7) is 0.751. The molecular weight excluding hydrogens is 256 g/mol. The zero-order chi connectivity index (χ0) is 13.9. The lowest BCUT2D eigenvalue weighted by atomic mass is 9.76. The van der Waals surface area contributed by atoms with Gasteiger partial charge in [0.2, 0.25) is 0 Å². The van der Waals surface area contributed by atoms with Gasteiger partial charge in [0, 0.05) is 12.6 Å². The number of hydrogen-bond acceptors (Lipinski definition) is 1. The van der Waals surface area contributed by atoms with E-state index in [1.807, 2.05) is 6.07 Å². The monoisotopic (exact) mass is 273 g/mol. The van der Waals surface area contributed by atoms with E-state index in [2.05, 4.69) is 5.32 Å². The molecule has 2 aromatic carbocycles. The third kappa shape index (κ3) is 3.05. The predicted molar refractivity (Wildman–Crippen MR) is 75.4 cm³/mol. The topological polar surface area (TPSA) is 12.0 Å². The molecule has 1 N–H and O–H groups in total. The van der Waals surface area contributed by atoms with Gasteiger partial charge in [0.15, 0.2) is 0 Å². The summed E-state index contributed by atoms with van der Waals surface area (Å²) in [5, 5.41) is 3.45. The molecular formula is C17H17F2N. The Morgan fingerprint density at radius 2 is 1.70 bits per heavy atom. The second-order valence-electron chi connectivity index (χ2n) is 5.43. The zero-order valence-electron chi connectivity index (χ0n) is 11.2. The number of nitrogens with one attached hydrogen (secondary N) is 1. The molecule has 20 heavy (non-hydrogen) atoms. The average Bonchev–Trinajstić information content (AvgIpc) is 2.39. The van der Waals surface area contributed by atoms with E-state index in [-0.39, 0.29) is 11.6 Å². The minimum absolute atomic E-state index is 0.162. The molecule has 104 valence electrons. The minimum Gasteiger partial charge on any atom is -0.310 e. The van der Waals surface area contributed by atoms with Crippen molar-refractivity contribution in [2.75, 3.05) is 0 Å². The van der Waals surface area contributed by atoms with Gasteiger partial charge < -0.3 is 5.32 Å². The van der Waals surface area contributed by atoms with Gasteiger partial charge in [-0.15, -0.1) is 0 Å². The van der Waals surface area contributed by atoms with E-state index in [1.54, 1.807) is 24.3 Å². The molecule has 2 aromatic rings. The molecule has 3 heteroatoms.